The summed E-state index contributed by atoms with van der Waals surface area (Å²) in [4.78, 5) is 14.8. The van der Waals surface area contributed by atoms with Gasteiger partial charge in [0.05, 0.1) is 0 Å². The lowest BCUT2D eigenvalue weighted by molar-refractivity contribution is 0.140. The predicted octanol–water partition coefficient (Wildman–Crippen LogP) is 4.50. The van der Waals surface area contributed by atoms with Gasteiger partial charge in [-0.1, -0.05) is 48.6 Å². The number of H-pyrrole nitrogens is 1. The fourth-order valence-corrected chi connectivity index (χ4v) is 2.43. The molecule has 0 bridgehead atoms. The summed E-state index contributed by atoms with van der Waals surface area (Å²) in [5.74, 6) is 0. The van der Waals surface area contributed by atoms with Gasteiger partial charge in [0.25, 0.3) is 0 Å². The van der Waals surface area contributed by atoms with Gasteiger partial charge in [0, 0.05) is 18.3 Å². The molecule has 0 aliphatic heterocycles. The standard InChI is InChI=1S/C20H20N2O2/c23-20(24-15-17-7-2-1-3-8-17)22-12-5-4-6-16-9-10-19-18(14-16)11-13-21-19/h1-4,6-11,13-14,21H,5,12,15H2,(H,22,23). The van der Waals surface area contributed by atoms with Crippen LogP contribution in [0.4, 0.5) is 4.79 Å². The minimum Gasteiger partial charge on any atom is -0.445 e. The van der Waals surface area contributed by atoms with Crippen molar-refractivity contribution in [2.45, 2.75) is 13.0 Å². The van der Waals surface area contributed by atoms with Crippen molar-refractivity contribution in [2.75, 3.05) is 6.54 Å². The first kappa shape index (κ1) is 15.9. The number of hydrogen-bond acceptors (Lipinski definition) is 2. The summed E-state index contributed by atoms with van der Waals surface area (Å²) in [6.45, 7) is 0.843. The largest absolute Gasteiger partial charge is 0.445 e. The molecule has 1 heterocycles. The zero-order valence-corrected chi connectivity index (χ0v) is 13.4. The van der Waals surface area contributed by atoms with Crippen molar-refractivity contribution in [2.24, 2.45) is 0 Å². The Kier molecular flexibility index (Phi) is 5.30. The van der Waals surface area contributed by atoms with E-state index in [1.54, 1.807) is 0 Å². The topological polar surface area (TPSA) is 54.1 Å². The third-order valence-corrected chi connectivity index (χ3v) is 3.68. The fraction of sp³-hybridized carbons (Fsp3) is 0.150. The molecule has 24 heavy (non-hydrogen) atoms. The Balaban J connectivity index is 1.37. The van der Waals surface area contributed by atoms with Crippen LogP contribution in [0.2, 0.25) is 0 Å². The molecule has 3 rings (SSSR count). The summed E-state index contributed by atoms with van der Waals surface area (Å²) in [5.41, 5.74) is 3.26. The molecule has 4 nitrogen and oxygen atoms in total. The van der Waals surface area contributed by atoms with Gasteiger partial charge in [-0.15, -0.1) is 0 Å². The fourth-order valence-electron chi connectivity index (χ4n) is 2.43. The number of rotatable bonds is 6. The number of carbonyl (C=O) groups is 1. The first-order valence-corrected chi connectivity index (χ1v) is 7.99. The summed E-state index contributed by atoms with van der Waals surface area (Å²) in [6, 6.07) is 17.9. The predicted molar refractivity (Wildman–Crippen MR) is 96.6 cm³/mol. The van der Waals surface area contributed by atoms with Crippen molar-refractivity contribution in [3.8, 4) is 0 Å². The van der Waals surface area contributed by atoms with Gasteiger partial charge in [0.15, 0.2) is 0 Å². The summed E-state index contributed by atoms with van der Waals surface area (Å²) in [7, 11) is 0. The maximum atomic E-state index is 11.6. The van der Waals surface area contributed by atoms with Gasteiger partial charge in [-0.2, -0.15) is 0 Å². The Labute approximate surface area is 141 Å². The van der Waals surface area contributed by atoms with Crippen LogP contribution in [0, 0.1) is 0 Å². The van der Waals surface area contributed by atoms with Crippen LogP contribution >= 0.6 is 0 Å². The highest BCUT2D eigenvalue weighted by Crippen LogP contribution is 2.15. The highest BCUT2D eigenvalue weighted by molar-refractivity contribution is 5.81. The van der Waals surface area contributed by atoms with Crippen LogP contribution < -0.4 is 5.32 Å². The number of alkyl carbamates (subject to hydrolysis) is 1. The van der Waals surface area contributed by atoms with E-state index < -0.39 is 0 Å². The molecule has 0 unspecified atom stereocenters. The molecule has 3 aromatic rings. The van der Waals surface area contributed by atoms with Gasteiger partial charge in [-0.3, -0.25) is 0 Å². The number of aromatic nitrogens is 1. The van der Waals surface area contributed by atoms with Crippen LogP contribution in [-0.2, 0) is 11.3 Å². The molecule has 2 N–H and O–H groups in total. The molecule has 2 aromatic carbocycles. The zero-order valence-electron chi connectivity index (χ0n) is 13.4. The number of carbonyl (C=O) groups excluding carboxylic acids is 1. The highest BCUT2D eigenvalue weighted by atomic mass is 16.5. The van der Waals surface area contributed by atoms with Crippen LogP contribution in [0.1, 0.15) is 17.5 Å². The number of fused-ring (bicyclic) bond motifs is 1. The summed E-state index contributed by atoms with van der Waals surface area (Å²) < 4.78 is 5.15. The Hall–Kier alpha value is -3.01. The summed E-state index contributed by atoms with van der Waals surface area (Å²) in [6.07, 6.45) is 6.41. The molecule has 122 valence electrons. The quantitative estimate of drug-likeness (QED) is 0.657. The molecular formula is C20H20N2O2. The molecule has 0 radical (unpaired) electrons. The van der Waals surface area contributed by atoms with Crippen molar-refractivity contribution >= 4 is 23.1 Å². The number of amides is 1. The van der Waals surface area contributed by atoms with Gasteiger partial charge in [-0.25, -0.2) is 4.79 Å². The molecule has 1 aromatic heterocycles. The van der Waals surface area contributed by atoms with Crippen molar-refractivity contribution < 1.29 is 9.53 Å². The van der Waals surface area contributed by atoms with E-state index in [9.17, 15) is 4.79 Å². The molecule has 1 amide bonds. The van der Waals surface area contributed by atoms with E-state index >= 15 is 0 Å². The van der Waals surface area contributed by atoms with Gasteiger partial charge in [0.2, 0.25) is 0 Å². The highest BCUT2D eigenvalue weighted by Gasteiger charge is 2.00. The summed E-state index contributed by atoms with van der Waals surface area (Å²) >= 11 is 0. The summed E-state index contributed by atoms with van der Waals surface area (Å²) in [5, 5.41) is 3.94. The number of aromatic amines is 1. The van der Waals surface area contributed by atoms with E-state index in [-0.39, 0.29) is 6.09 Å². The van der Waals surface area contributed by atoms with Crippen LogP contribution in [0.3, 0.4) is 0 Å². The molecule has 0 aliphatic carbocycles. The van der Waals surface area contributed by atoms with Crippen LogP contribution in [0.15, 0.2) is 66.9 Å². The molecule has 0 saturated heterocycles. The molecule has 0 atom stereocenters. The first-order valence-electron chi connectivity index (χ1n) is 7.99. The Morgan fingerprint density at radius 2 is 2.00 bits per heavy atom. The van der Waals surface area contributed by atoms with Crippen LogP contribution in [0.25, 0.3) is 17.0 Å². The molecule has 0 aliphatic rings. The molecular weight excluding hydrogens is 300 g/mol. The Morgan fingerprint density at radius 1 is 1.12 bits per heavy atom. The van der Waals surface area contributed by atoms with E-state index in [0.717, 1.165) is 23.1 Å². The smallest absolute Gasteiger partial charge is 0.407 e. The van der Waals surface area contributed by atoms with Crippen LogP contribution in [0.5, 0.6) is 0 Å². The lowest BCUT2D eigenvalue weighted by Gasteiger charge is -2.05. The van der Waals surface area contributed by atoms with E-state index in [1.165, 1.54) is 5.39 Å². The SMILES string of the molecule is O=C(NCCC=Cc1ccc2[nH]ccc2c1)OCc1ccccc1. The second kappa shape index (κ2) is 8.02. The van der Waals surface area contributed by atoms with Gasteiger partial charge in [0.1, 0.15) is 6.61 Å². The number of nitrogens with one attached hydrogen (secondary N) is 2. The monoisotopic (exact) mass is 320 g/mol. The lowest BCUT2D eigenvalue weighted by Crippen LogP contribution is -2.24. The number of hydrogen-bond donors (Lipinski definition) is 2. The lowest BCUT2D eigenvalue weighted by atomic mass is 10.1. The van der Waals surface area contributed by atoms with Gasteiger partial charge < -0.3 is 15.0 Å². The van der Waals surface area contributed by atoms with Gasteiger partial charge in [-0.05, 0) is 41.1 Å². The molecule has 4 heteroatoms. The minimum absolute atomic E-state index is 0.291. The molecule has 0 saturated carbocycles. The second-order valence-corrected chi connectivity index (χ2v) is 5.50. The average molecular weight is 320 g/mol. The van der Waals surface area contributed by atoms with E-state index in [4.69, 9.17) is 4.74 Å². The molecule has 0 fully saturated rings. The van der Waals surface area contributed by atoms with E-state index in [2.05, 4.69) is 40.6 Å². The number of ether oxygens (including phenoxy) is 1. The molecule has 0 spiro atoms. The second-order valence-electron chi connectivity index (χ2n) is 5.50. The zero-order chi connectivity index (χ0) is 16.6. The maximum absolute atomic E-state index is 11.6. The van der Waals surface area contributed by atoms with E-state index in [0.29, 0.717) is 13.2 Å². The normalized spacial score (nSPS) is 11.0. The average Bonchev–Trinajstić information content (AvgIpc) is 3.08. The third kappa shape index (κ3) is 4.49. The Morgan fingerprint density at radius 3 is 2.88 bits per heavy atom. The Bertz CT molecular complexity index is 822. The van der Waals surface area contributed by atoms with Crippen molar-refractivity contribution in [1.29, 1.82) is 0 Å². The van der Waals surface area contributed by atoms with Crippen molar-refractivity contribution in [3.05, 3.63) is 78.0 Å². The minimum atomic E-state index is -0.388. The number of benzene rings is 2. The third-order valence-electron chi connectivity index (χ3n) is 3.68. The van der Waals surface area contributed by atoms with Crippen molar-refractivity contribution in [3.63, 3.8) is 0 Å². The van der Waals surface area contributed by atoms with Crippen LogP contribution in [-0.4, -0.2) is 17.6 Å². The van der Waals surface area contributed by atoms with Gasteiger partial charge >= 0.3 is 6.09 Å². The van der Waals surface area contributed by atoms with Crippen molar-refractivity contribution in [1.82, 2.24) is 10.3 Å². The first-order chi connectivity index (χ1) is 11.8. The maximum Gasteiger partial charge on any atom is 0.407 e. The van der Waals surface area contributed by atoms with E-state index in [1.807, 2.05) is 42.6 Å².